The number of carbonyl (C=O) groups excluding carboxylic acids is 1. The van der Waals surface area contributed by atoms with Crippen LogP contribution >= 0.6 is 0 Å². The van der Waals surface area contributed by atoms with Gasteiger partial charge in [0.15, 0.2) is 0 Å². The van der Waals surface area contributed by atoms with Crippen molar-refractivity contribution in [3.8, 4) is 0 Å². The van der Waals surface area contributed by atoms with Crippen LogP contribution in [0.15, 0.2) is 36.4 Å². The van der Waals surface area contributed by atoms with Gasteiger partial charge in [-0.2, -0.15) is 0 Å². The summed E-state index contributed by atoms with van der Waals surface area (Å²) in [6.45, 7) is 1.56. The van der Waals surface area contributed by atoms with Gasteiger partial charge in [0, 0.05) is 0 Å². The molecule has 11 heteroatoms. The van der Waals surface area contributed by atoms with E-state index in [9.17, 15) is 9.90 Å². The maximum atomic E-state index is 12.4. The first kappa shape index (κ1) is 25.1. The van der Waals surface area contributed by atoms with E-state index in [-0.39, 0.29) is 32.2 Å². The molecular weight excluding hydrogens is 412 g/mol. The first-order valence-electron chi connectivity index (χ1n) is 9.75. The Morgan fingerprint density at radius 2 is 1.71 bits per heavy atom. The molecule has 0 radical (unpaired) electrons. The molecule has 0 bridgehead atoms. The Bertz CT molecular complexity index is 831. The van der Waals surface area contributed by atoms with E-state index in [1.54, 1.807) is 6.92 Å². The van der Waals surface area contributed by atoms with E-state index in [2.05, 4.69) is 9.68 Å². The topological polar surface area (TPSA) is 152 Å². The summed E-state index contributed by atoms with van der Waals surface area (Å²) in [7, 11) is 0. The van der Waals surface area contributed by atoms with Crippen LogP contribution in [0.4, 0.5) is 0 Å². The highest BCUT2D eigenvalue weighted by Crippen LogP contribution is 2.24. The average molecular weight is 440 g/mol. The predicted octanol–water partition coefficient (Wildman–Crippen LogP) is 2.54. The first-order chi connectivity index (χ1) is 14.8. The molecule has 0 fully saturated rings. The molecule has 0 saturated carbocycles. The first-order valence-corrected chi connectivity index (χ1v) is 9.75. The highest BCUT2D eigenvalue weighted by molar-refractivity contribution is 5.86. The maximum absolute atomic E-state index is 12.4. The van der Waals surface area contributed by atoms with Crippen molar-refractivity contribution in [3.05, 3.63) is 47.5 Å². The van der Waals surface area contributed by atoms with Crippen molar-refractivity contribution < 1.29 is 45.1 Å². The van der Waals surface area contributed by atoms with Gasteiger partial charge >= 0.3 is 5.97 Å². The number of hydrogen-bond donors (Lipinski definition) is 5. The molecular formula is C20H28N2O9. The van der Waals surface area contributed by atoms with Crippen LogP contribution in [0.5, 0.6) is 0 Å². The van der Waals surface area contributed by atoms with Gasteiger partial charge in [-0.05, 0) is 54.2 Å². The Balaban J connectivity index is 1.79. The van der Waals surface area contributed by atoms with Crippen LogP contribution < -0.4 is 0 Å². The molecule has 0 heterocycles. The molecule has 0 aromatic heterocycles. The Labute approximate surface area is 178 Å². The van der Waals surface area contributed by atoms with Crippen LogP contribution in [0, 0.1) is 0 Å². The van der Waals surface area contributed by atoms with Crippen LogP contribution in [0.1, 0.15) is 43.2 Å². The summed E-state index contributed by atoms with van der Waals surface area (Å²) in [5, 5.41) is 44.7. The number of unbranched alkanes of at least 4 members (excludes halogenated alkanes) is 1. The number of nitrogens with zero attached hydrogens (tertiary/aromatic N) is 2. The molecule has 172 valence electrons. The number of fused-ring (bicyclic) bond motifs is 1. The Morgan fingerprint density at radius 3 is 2.39 bits per heavy atom. The van der Waals surface area contributed by atoms with Crippen molar-refractivity contribution in [1.29, 1.82) is 0 Å². The third kappa shape index (κ3) is 8.45. The molecule has 0 amide bonds. The molecule has 11 nitrogen and oxygen atoms in total. The zero-order chi connectivity index (χ0) is 22.8. The molecule has 0 aliphatic carbocycles. The molecule has 0 saturated heterocycles. The van der Waals surface area contributed by atoms with Crippen LogP contribution in [0.25, 0.3) is 10.8 Å². The van der Waals surface area contributed by atoms with E-state index in [0.717, 1.165) is 21.9 Å². The Kier molecular flexibility index (Phi) is 10.2. The Morgan fingerprint density at radius 1 is 1.00 bits per heavy atom. The summed E-state index contributed by atoms with van der Waals surface area (Å²) in [4.78, 5) is 21.4. The Hall–Kier alpha value is -2.19. The molecule has 2 atom stereocenters. The average Bonchev–Trinajstić information content (AvgIpc) is 2.75. The van der Waals surface area contributed by atoms with E-state index >= 15 is 0 Å². The van der Waals surface area contributed by atoms with Crippen LogP contribution in [-0.4, -0.2) is 62.0 Å². The lowest BCUT2D eigenvalue weighted by molar-refractivity contribution is -0.527. The van der Waals surface area contributed by atoms with Gasteiger partial charge in [0.25, 0.3) is 0 Å². The summed E-state index contributed by atoms with van der Waals surface area (Å²) in [5.41, 5.74) is 1.64. The number of aliphatic hydroxyl groups is 1. The number of carbonyl (C=O) groups is 1. The molecule has 2 aromatic carbocycles. The fourth-order valence-electron chi connectivity index (χ4n) is 3.04. The van der Waals surface area contributed by atoms with E-state index in [0.29, 0.717) is 12.8 Å². The zero-order valence-electron chi connectivity index (χ0n) is 17.1. The van der Waals surface area contributed by atoms with Crippen molar-refractivity contribution in [2.75, 3.05) is 13.2 Å². The van der Waals surface area contributed by atoms with Gasteiger partial charge in [0.2, 0.25) is 0 Å². The number of esters is 1. The van der Waals surface area contributed by atoms with Crippen molar-refractivity contribution in [3.63, 3.8) is 0 Å². The van der Waals surface area contributed by atoms with Crippen LogP contribution in [-0.2, 0) is 25.8 Å². The molecule has 5 N–H and O–H groups in total. The largest absolute Gasteiger partial charge is 0.465 e. The lowest BCUT2D eigenvalue weighted by Crippen LogP contribution is -2.31. The smallest absolute Gasteiger partial charge is 0.313 e. The summed E-state index contributed by atoms with van der Waals surface area (Å²) < 4.78 is 5.33. The van der Waals surface area contributed by atoms with Gasteiger partial charge in [0.05, 0.1) is 29.9 Å². The zero-order valence-corrected chi connectivity index (χ0v) is 17.1. The molecule has 0 unspecified atom stereocenters. The lowest BCUT2D eigenvalue weighted by Gasteiger charge is -2.19. The van der Waals surface area contributed by atoms with Gasteiger partial charge in [-0.3, -0.25) is 25.6 Å². The minimum absolute atomic E-state index is 0.0279. The summed E-state index contributed by atoms with van der Waals surface area (Å²) in [6, 6.07) is 11.3. The van der Waals surface area contributed by atoms with Gasteiger partial charge in [-0.1, -0.05) is 30.3 Å². The number of rotatable bonds is 13. The monoisotopic (exact) mass is 440 g/mol. The standard InChI is InChI=1S/C20H28N2O9/c1-14(16-7-8-17-10-15(12-23)5-6-18(17)11-16)20(24)29-9-3-2-4-19(31-22(27)28)13-30-21(25)26/h5-8,10-11,14,19,23,25-28H,2-4,9,12-13H2,1H3/t14-,19-/m0/s1. The van der Waals surface area contributed by atoms with E-state index < -0.39 is 22.8 Å². The second-order valence-electron chi connectivity index (χ2n) is 7.01. The van der Waals surface area contributed by atoms with Gasteiger partial charge < -0.3 is 9.84 Å². The van der Waals surface area contributed by atoms with E-state index in [1.165, 1.54) is 0 Å². The molecule has 2 aromatic rings. The highest BCUT2D eigenvalue weighted by atomic mass is 17.1. The molecule has 0 aliphatic rings. The summed E-state index contributed by atoms with van der Waals surface area (Å²) in [6.07, 6.45) is 0.386. The van der Waals surface area contributed by atoms with Gasteiger partial charge in [-0.25, -0.2) is 9.68 Å². The van der Waals surface area contributed by atoms with Crippen molar-refractivity contribution in [2.24, 2.45) is 0 Å². The van der Waals surface area contributed by atoms with E-state index in [4.69, 9.17) is 25.6 Å². The molecule has 2 rings (SSSR count). The molecule has 31 heavy (non-hydrogen) atoms. The number of hydrogen-bond acceptors (Lipinski definition) is 11. The third-order valence-corrected chi connectivity index (χ3v) is 4.75. The third-order valence-electron chi connectivity index (χ3n) is 4.75. The number of ether oxygens (including phenoxy) is 1. The van der Waals surface area contributed by atoms with Gasteiger partial charge in [0.1, 0.15) is 12.7 Å². The fourth-order valence-corrected chi connectivity index (χ4v) is 3.04. The predicted molar refractivity (Wildman–Crippen MR) is 105 cm³/mol. The van der Waals surface area contributed by atoms with Crippen molar-refractivity contribution in [2.45, 2.75) is 44.8 Å². The van der Waals surface area contributed by atoms with Crippen LogP contribution in [0.2, 0.25) is 0 Å². The van der Waals surface area contributed by atoms with E-state index in [1.807, 2.05) is 36.4 Å². The quantitative estimate of drug-likeness (QED) is 0.177. The molecule has 0 spiro atoms. The minimum Gasteiger partial charge on any atom is -0.465 e. The lowest BCUT2D eigenvalue weighted by atomic mass is 9.97. The SMILES string of the molecule is C[C@H](C(=O)OCCCC[C@@H](CON(O)O)ON(O)O)c1ccc2cc(CO)ccc2c1. The minimum atomic E-state index is -0.865. The number of aliphatic hydroxyl groups excluding tert-OH is 1. The fraction of sp³-hybridized carbons (Fsp3) is 0.450. The normalized spacial score (nSPS) is 13.7. The van der Waals surface area contributed by atoms with Crippen molar-refractivity contribution >= 4 is 16.7 Å². The summed E-state index contributed by atoms with van der Waals surface area (Å²) >= 11 is 0. The second-order valence-corrected chi connectivity index (χ2v) is 7.01. The molecule has 0 aliphatic heterocycles. The van der Waals surface area contributed by atoms with Crippen molar-refractivity contribution in [1.82, 2.24) is 10.8 Å². The summed E-state index contributed by atoms with van der Waals surface area (Å²) in [5.74, 6) is -0.820. The maximum Gasteiger partial charge on any atom is 0.313 e. The highest BCUT2D eigenvalue weighted by Gasteiger charge is 2.18. The van der Waals surface area contributed by atoms with Gasteiger partial charge in [-0.15, -0.1) is 0 Å². The number of benzene rings is 2. The van der Waals surface area contributed by atoms with Crippen LogP contribution in [0.3, 0.4) is 0 Å². The second kappa shape index (κ2) is 12.6.